The molecule has 134 valence electrons. The van der Waals surface area contributed by atoms with Gasteiger partial charge >= 0.3 is 5.97 Å². The fourth-order valence-corrected chi connectivity index (χ4v) is 2.32. The van der Waals surface area contributed by atoms with Crippen molar-refractivity contribution in [2.24, 2.45) is 11.8 Å². The summed E-state index contributed by atoms with van der Waals surface area (Å²) in [5, 5.41) is 2.66. The van der Waals surface area contributed by atoms with Gasteiger partial charge in [0, 0.05) is 5.56 Å². The van der Waals surface area contributed by atoms with E-state index in [1.807, 2.05) is 13.8 Å². The van der Waals surface area contributed by atoms with Crippen LogP contribution in [0.5, 0.6) is 0 Å². The van der Waals surface area contributed by atoms with Crippen molar-refractivity contribution in [1.29, 1.82) is 0 Å². The Balaban J connectivity index is 2.63. The van der Waals surface area contributed by atoms with Crippen LogP contribution in [-0.4, -0.2) is 24.5 Å². The first-order valence-electron chi connectivity index (χ1n) is 8.52. The third-order valence-electron chi connectivity index (χ3n) is 3.55. The monoisotopic (exact) mass is 337 g/mol. The number of ether oxygens (including phenoxy) is 1. The summed E-state index contributed by atoms with van der Waals surface area (Å²) in [6.07, 6.45) is 2.26. The van der Waals surface area contributed by atoms with Crippen LogP contribution in [0.15, 0.2) is 24.3 Å². The molecule has 1 atom stereocenters. The lowest BCUT2D eigenvalue weighted by Crippen LogP contribution is -2.42. The molecule has 0 aromatic heterocycles. The first-order chi connectivity index (χ1) is 11.3. The molecule has 5 heteroatoms. The van der Waals surface area contributed by atoms with E-state index < -0.39 is 23.7 Å². The van der Waals surface area contributed by atoms with E-state index in [2.05, 4.69) is 19.2 Å². The lowest BCUT2D eigenvalue weighted by molar-refractivity contribution is -0.146. The molecule has 0 aliphatic heterocycles. The molecule has 1 rings (SSSR count). The van der Waals surface area contributed by atoms with Crippen LogP contribution in [0.1, 0.15) is 57.3 Å². The molecule has 0 fully saturated rings. The van der Waals surface area contributed by atoms with Crippen molar-refractivity contribution in [2.45, 2.75) is 53.0 Å². The topological polar surface area (TPSA) is 55.4 Å². The Morgan fingerprint density at radius 2 is 1.88 bits per heavy atom. The van der Waals surface area contributed by atoms with E-state index in [4.69, 9.17) is 4.74 Å². The van der Waals surface area contributed by atoms with E-state index in [1.165, 1.54) is 18.2 Å². The van der Waals surface area contributed by atoms with Gasteiger partial charge in [-0.05, 0) is 49.3 Å². The van der Waals surface area contributed by atoms with E-state index in [1.54, 1.807) is 0 Å². The van der Waals surface area contributed by atoms with Gasteiger partial charge in [0.2, 0.25) is 0 Å². The summed E-state index contributed by atoms with van der Waals surface area (Å²) >= 11 is 0. The Kier molecular flexibility index (Phi) is 8.44. The molecule has 0 radical (unpaired) electrons. The van der Waals surface area contributed by atoms with Gasteiger partial charge in [-0.3, -0.25) is 4.79 Å². The van der Waals surface area contributed by atoms with E-state index in [0.29, 0.717) is 18.9 Å². The molecule has 0 aliphatic carbocycles. The van der Waals surface area contributed by atoms with Crippen LogP contribution < -0.4 is 5.32 Å². The van der Waals surface area contributed by atoms with Gasteiger partial charge < -0.3 is 10.1 Å². The maximum atomic E-state index is 13.2. The molecule has 1 amide bonds. The van der Waals surface area contributed by atoms with Crippen molar-refractivity contribution in [3.05, 3.63) is 35.6 Å². The lowest BCUT2D eigenvalue weighted by atomic mass is 10.0. The predicted octanol–water partition coefficient (Wildman–Crippen LogP) is 3.95. The summed E-state index contributed by atoms with van der Waals surface area (Å²) in [5.41, 5.74) is 0.191. The second-order valence-corrected chi connectivity index (χ2v) is 6.87. The van der Waals surface area contributed by atoms with Gasteiger partial charge in [0.25, 0.3) is 5.91 Å². The number of amides is 1. The molecular weight excluding hydrogens is 309 g/mol. The quantitative estimate of drug-likeness (QED) is 0.548. The summed E-state index contributed by atoms with van der Waals surface area (Å²) in [6.45, 7) is 8.51. The molecule has 1 aromatic rings. The van der Waals surface area contributed by atoms with Crippen LogP contribution in [0, 0.1) is 17.7 Å². The standard InChI is InChI=1S/C19H28FNO3/c1-13(2)7-6-10-24-19(23)17(11-14(3)4)21-18(22)15-8-5-9-16(20)12-15/h5,8-9,12-14,17H,6-7,10-11H2,1-4H3,(H,21,22). The highest BCUT2D eigenvalue weighted by Crippen LogP contribution is 2.10. The summed E-state index contributed by atoms with van der Waals surface area (Å²) in [6, 6.07) is 4.67. The number of esters is 1. The zero-order chi connectivity index (χ0) is 18.1. The summed E-state index contributed by atoms with van der Waals surface area (Å²) in [7, 11) is 0. The summed E-state index contributed by atoms with van der Waals surface area (Å²) < 4.78 is 18.5. The van der Waals surface area contributed by atoms with Gasteiger partial charge in [-0.2, -0.15) is 0 Å². The van der Waals surface area contributed by atoms with Crippen LogP contribution >= 0.6 is 0 Å². The Morgan fingerprint density at radius 1 is 1.17 bits per heavy atom. The fourth-order valence-electron chi connectivity index (χ4n) is 2.32. The van der Waals surface area contributed by atoms with Crippen LogP contribution in [0.3, 0.4) is 0 Å². The number of hydrogen-bond acceptors (Lipinski definition) is 3. The second-order valence-electron chi connectivity index (χ2n) is 6.87. The smallest absolute Gasteiger partial charge is 0.328 e. The van der Waals surface area contributed by atoms with E-state index in [9.17, 15) is 14.0 Å². The summed E-state index contributed by atoms with van der Waals surface area (Å²) in [4.78, 5) is 24.5. The van der Waals surface area contributed by atoms with Crippen molar-refractivity contribution in [3.63, 3.8) is 0 Å². The van der Waals surface area contributed by atoms with Gasteiger partial charge in [0.05, 0.1) is 6.61 Å². The molecule has 0 heterocycles. The first-order valence-corrected chi connectivity index (χ1v) is 8.52. The van der Waals surface area contributed by atoms with Crippen molar-refractivity contribution in [3.8, 4) is 0 Å². The number of carbonyl (C=O) groups is 2. The average molecular weight is 337 g/mol. The lowest BCUT2D eigenvalue weighted by Gasteiger charge is -2.19. The van der Waals surface area contributed by atoms with E-state index in [0.717, 1.165) is 18.9 Å². The van der Waals surface area contributed by atoms with Crippen molar-refractivity contribution >= 4 is 11.9 Å². The highest BCUT2D eigenvalue weighted by molar-refractivity contribution is 5.96. The number of halogens is 1. The molecule has 0 saturated heterocycles. The maximum Gasteiger partial charge on any atom is 0.328 e. The molecule has 0 saturated carbocycles. The number of hydrogen-bond donors (Lipinski definition) is 1. The number of nitrogens with one attached hydrogen (secondary N) is 1. The molecule has 1 N–H and O–H groups in total. The van der Waals surface area contributed by atoms with Gasteiger partial charge in [0.1, 0.15) is 11.9 Å². The van der Waals surface area contributed by atoms with Gasteiger partial charge in [-0.25, -0.2) is 9.18 Å². The molecule has 0 spiro atoms. The third kappa shape index (κ3) is 7.57. The normalized spacial score (nSPS) is 12.3. The highest BCUT2D eigenvalue weighted by atomic mass is 19.1. The van der Waals surface area contributed by atoms with Gasteiger partial charge in [-0.15, -0.1) is 0 Å². The Morgan fingerprint density at radius 3 is 2.46 bits per heavy atom. The minimum Gasteiger partial charge on any atom is -0.464 e. The molecular formula is C19H28FNO3. The van der Waals surface area contributed by atoms with Crippen molar-refractivity contribution < 1.29 is 18.7 Å². The minimum absolute atomic E-state index is 0.191. The van der Waals surface area contributed by atoms with Crippen LogP contribution in [0.2, 0.25) is 0 Å². The fraction of sp³-hybridized carbons (Fsp3) is 0.579. The SMILES string of the molecule is CC(C)CCCOC(=O)C(CC(C)C)NC(=O)c1cccc(F)c1. The predicted molar refractivity (Wildman–Crippen MR) is 92.1 cm³/mol. The Bertz CT molecular complexity index is 543. The molecule has 1 unspecified atom stereocenters. The van der Waals surface area contributed by atoms with Gasteiger partial charge in [-0.1, -0.05) is 33.8 Å². The van der Waals surface area contributed by atoms with Crippen molar-refractivity contribution in [1.82, 2.24) is 5.32 Å². The van der Waals surface area contributed by atoms with Crippen LogP contribution in [0.4, 0.5) is 4.39 Å². The molecule has 4 nitrogen and oxygen atoms in total. The molecule has 24 heavy (non-hydrogen) atoms. The summed E-state index contributed by atoms with van der Waals surface area (Å²) in [5.74, 6) is -0.621. The third-order valence-corrected chi connectivity index (χ3v) is 3.55. The van der Waals surface area contributed by atoms with Crippen molar-refractivity contribution in [2.75, 3.05) is 6.61 Å². The average Bonchev–Trinajstić information content (AvgIpc) is 2.50. The maximum absolute atomic E-state index is 13.2. The number of carbonyl (C=O) groups excluding carboxylic acids is 2. The van der Waals surface area contributed by atoms with Gasteiger partial charge in [0.15, 0.2) is 0 Å². The molecule has 0 bridgehead atoms. The first kappa shape index (κ1) is 20.1. The molecule has 1 aromatic carbocycles. The zero-order valence-electron chi connectivity index (χ0n) is 15.0. The largest absolute Gasteiger partial charge is 0.464 e. The van der Waals surface area contributed by atoms with Crippen LogP contribution in [0.25, 0.3) is 0 Å². The minimum atomic E-state index is -0.722. The Hall–Kier alpha value is -1.91. The van der Waals surface area contributed by atoms with E-state index in [-0.39, 0.29) is 11.5 Å². The van der Waals surface area contributed by atoms with E-state index >= 15 is 0 Å². The Labute approximate surface area is 143 Å². The van der Waals surface area contributed by atoms with Crippen LogP contribution in [-0.2, 0) is 9.53 Å². The molecule has 0 aliphatic rings. The number of rotatable bonds is 9. The number of benzene rings is 1. The highest BCUT2D eigenvalue weighted by Gasteiger charge is 2.24. The second kappa shape index (κ2) is 10.1. The zero-order valence-corrected chi connectivity index (χ0v) is 15.0.